The van der Waals surface area contributed by atoms with Crippen LogP contribution in [0.3, 0.4) is 0 Å². The molecule has 0 aliphatic rings. The lowest BCUT2D eigenvalue weighted by Gasteiger charge is -2.14. The molecule has 0 aliphatic heterocycles. The molecular formula is C24H27N6O5S+. The molecule has 1 heterocycles. The number of hydrogen-bond donors (Lipinski definition) is 6. The number of nitrogens with zero attached hydrogens (tertiary/aromatic N) is 1. The second-order valence-electron chi connectivity index (χ2n) is 8.04. The Morgan fingerprint density at radius 3 is 2.44 bits per heavy atom. The van der Waals surface area contributed by atoms with Gasteiger partial charge in [-0.1, -0.05) is 24.3 Å². The smallest absolute Gasteiger partial charge is 0.480 e. The summed E-state index contributed by atoms with van der Waals surface area (Å²) in [5.74, 6) is -2.03. The molecular weight excluding hydrogens is 484 g/mol. The number of carboxylic acid groups (broad SMARTS) is 1. The van der Waals surface area contributed by atoms with E-state index in [0.29, 0.717) is 48.0 Å². The number of unbranched alkanes of at least 4 members (excludes halogenated alkanes) is 1. The minimum atomic E-state index is -1.22. The Bertz CT molecular complexity index is 1280. The normalized spacial score (nSPS) is 11.4. The number of H-pyrrole nitrogens is 1. The van der Waals surface area contributed by atoms with Crippen LogP contribution in [0.1, 0.15) is 35.3 Å². The number of aliphatic carboxylic acids is 1. The van der Waals surface area contributed by atoms with Crippen molar-refractivity contribution in [2.75, 3.05) is 11.9 Å². The fourth-order valence-corrected chi connectivity index (χ4v) is 4.08. The van der Waals surface area contributed by atoms with Gasteiger partial charge in [0.25, 0.3) is 5.91 Å². The number of carboxylic acids is 1. The number of nitrogens with one attached hydrogen (secondary N) is 3. The van der Waals surface area contributed by atoms with Gasteiger partial charge in [-0.2, -0.15) is 0 Å². The maximum atomic E-state index is 12.8. The van der Waals surface area contributed by atoms with Crippen molar-refractivity contribution in [3.05, 3.63) is 59.8 Å². The van der Waals surface area contributed by atoms with Gasteiger partial charge in [-0.3, -0.25) is 14.6 Å². The van der Waals surface area contributed by atoms with Crippen molar-refractivity contribution in [1.82, 2.24) is 10.3 Å². The predicted octanol–water partition coefficient (Wildman–Crippen LogP) is 1.76. The Hall–Kier alpha value is -4.32. The number of carbonyl (C=O) groups is 3. The topological polar surface area (TPSA) is 193 Å². The summed E-state index contributed by atoms with van der Waals surface area (Å²) in [5.41, 5.74) is 12.4. The van der Waals surface area contributed by atoms with Crippen LogP contribution >= 0.6 is 0 Å². The zero-order valence-corrected chi connectivity index (χ0v) is 20.1. The van der Waals surface area contributed by atoms with Crippen LogP contribution in [-0.4, -0.2) is 46.4 Å². The van der Waals surface area contributed by atoms with Crippen LogP contribution in [0.15, 0.2) is 58.4 Å². The maximum absolute atomic E-state index is 12.8. The summed E-state index contributed by atoms with van der Waals surface area (Å²) in [6.45, 7) is 0.461. The SMILES string of the molecule is NC(N)=NCCCCC(=O)Nc1ccc(CC(NC(=O)c2[nH]c3ccccc3c2[S+]=O)C(=O)O)cc1. The number of nitrogens with two attached hydrogens (primary N) is 2. The molecule has 12 heteroatoms. The summed E-state index contributed by atoms with van der Waals surface area (Å²) in [4.78, 5) is 43.7. The van der Waals surface area contributed by atoms with Gasteiger partial charge in [0.15, 0.2) is 11.7 Å². The van der Waals surface area contributed by atoms with Crippen LogP contribution in [0.4, 0.5) is 5.69 Å². The molecule has 1 atom stereocenters. The van der Waals surface area contributed by atoms with Crippen LogP contribution in [0, 0.1) is 0 Å². The quantitative estimate of drug-likeness (QED) is 0.0922. The summed E-state index contributed by atoms with van der Waals surface area (Å²) < 4.78 is 11.6. The maximum Gasteiger partial charge on any atom is 0.508 e. The van der Waals surface area contributed by atoms with E-state index >= 15 is 0 Å². The molecule has 1 aromatic heterocycles. The first-order chi connectivity index (χ1) is 17.3. The zero-order valence-electron chi connectivity index (χ0n) is 19.3. The van der Waals surface area contributed by atoms with Crippen molar-refractivity contribution in [2.24, 2.45) is 16.5 Å². The van der Waals surface area contributed by atoms with Crippen molar-refractivity contribution >= 4 is 52.0 Å². The molecule has 11 nitrogen and oxygen atoms in total. The second kappa shape index (κ2) is 12.4. The van der Waals surface area contributed by atoms with Crippen molar-refractivity contribution in [3.8, 4) is 0 Å². The van der Waals surface area contributed by atoms with Gasteiger partial charge in [0, 0.05) is 29.3 Å². The van der Waals surface area contributed by atoms with Gasteiger partial charge in [-0.15, -0.1) is 0 Å². The van der Waals surface area contributed by atoms with Crippen LogP contribution in [0.25, 0.3) is 10.9 Å². The summed E-state index contributed by atoms with van der Waals surface area (Å²) in [7, 11) is 0. The Labute approximate surface area is 210 Å². The van der Waals surface area contributed by atoms with Gasteiger partial charge in [-0.05, 0) is 42.7 Å². The summed E-state index contributed by atoms with van der Waals surface area (Å²) in [6, 6.07) is 12.4. The van der Waals surface area contributed by atoms with E-state index in [0.717, 1.165) is 0 Å². The molecule has 0 saturated heterocycles. The lowest BCUT2D eigenvalue weighted by Crippen LogP contribution is -2.42. The van der Waals surface area contributed by atoms with Gasteiger partial charge in [0.05, 0.1) is 10.9 Å². The molecule has 2 amide bonds. The highest BCUT2D eigenvalue weighted by Gasteiger charge is 2.30. The number of para-hydroxylation sites is 1. The van der Waals surface area contributed by atoms with Gasteiger partial charge in [-0.25, -0.2) is 4.79 Å². The van der Waals surface area contributed by atoms with Gasteiger partial charge in [0.1, 0.15) is 6.04 Å². The Balaban J connectivity index is 1.58. The number of aliphatic imine (C=N–C) groups is 1. The molecule has 0 aliphatic carbocycles. The van der Waals surface area contributed by atoms with Crippen molar-refractivity contribution in [2.45, 2.75) is 36.6 Å². The first-order valence-electron chi connectivity index (χ1n) is 11.2. The van der Waals surface area contributed by atoms with Gasteiger partial charge < -0.3 is 32.2 Å². The highest BCUT2D eigenvalue weighted by molar-refractivity contribution is 7.66. The monoisotopic (exact) mass is 511 g/mol. The molecule has 0 fully saturated rings. The molecule has 3 aromatic rings. The van der Waals surface area contributed by atoms with E-state index in [2.05, 4.69) is 20.6 Å². The fourth-order valence-electron chi connectivity index (χ4n) is 3.58. The van der Waals surface area contributed by atoms with E-state index in [4.69, 9.17) is 11.5 Å². The number of benzene rings is 2. The summed E-state index contributed by atoms with van der Waals surface area (Å²) in [6.07, 6.45) is 1.64. The summed E-state index contributed by atoms with van der Waals surface area (Å²) >= 11 is 0.174. The molecule has 3 rings (SSSR count). The molecule has 36 heavy (non-hydrogen) atoms. The second-order valence-corrected chi connectivity index (χ2v) is 8.61. The zero-order chi connectivity index (χ0) is 26.1. The summed E-state index contributed by atoms with van der Waals surface area (Å²) in [5, 5.41) is 15.5. The molecule has 2 aromatic carbocycles. The van der Waals surface area contributed by atoms with Crippen LogP contribution in [0.5, 0.6) is 0 Å². The van der Waals surface area contributed by atoms with E-state index < -0.39 is 17.9 Å². The number of aromatic nitrogens is 1. The lowest BCUT2D eigenvalue weighted by atomic mass is 10.1. The molecule has 1 unspecified atom stereocenters. The Morgan fingerprint density at radius 2 is 1.78 bits per heavy atom. The standard InChI is InChI=1S/C24H26N6O5S/c25-24(26)27-12-4-3-7-19(31)28-15-10-8-14(9-11-15)13-18(23(33)34)30-22(32)20-21(36-35)16-5-1-2-6-17(16)29-20/h1-2,5-6,8-11,18H,3-4,7,12-13H2,(H7-,25,26,27,28,29,30,31,32,33,34,35)/p+1. The number of amides is 2. The third-order valence-corrected chi connectivity index (χ3v) is 5.95. The third kappa shape index (κ3) is 7.09. The molecule has 8 N–H and O–H groups in total. The van der Waals surface area contributed by atoms with Gasteiger partial charge in [0.2, 0.25) is 5.91 Å². The molecule has 0 spiro atoms. The Kier molecular flexibility index (Phi) is 9.06. The predicted molar refractivity (Wildman–Crippen MR) is 137 cm³/mol. The number of guanidine groups is 1. The Morgan fingerprint density at radius 1 is 1.06 bits per heavy atom. The number of carbonyl (C=O) groups excluding carboxylic acids is 2. The van der Waals surface area contributed by atoms with E-state index in [1.807, 2.05) is 0 Å². The fraction of sp³-hybridized carbons (Fsp3) is 0.250. The van der Waals surface area contributed by atoms with Crippen LogP contribution in [-0.2, 0) is 31.9 Å². The molecule has 0 saturated carbocycles. The van der Waals surface area contributed by atoms with Crippen molar-refractivity contribution < 1.29 is 23.7 Å². The first kappa shape index (κ1) is 26.3. The van der Waals surface area contributed by atoms with Crippen molar-refractivity contribution in [3.63, 3.8) is 0 Å². The van der Waals surface area contributed by atoms with Gasteiger partial charge >= 0.3 is 22.5 Å². The van der Waals surface area contributed by atoms with Crippen LogP contribution < -0.4 is 22.1 Å². The number of anilines is 1. The molecule has 188 valence electrons. The highest BCUT2D eigenvalue weighted by Crippen LogP contribution is 2.23. The van der Waals surface area contributed by atoms with E-state index in [1.54, 1.807) is 48.5 Å². The minimum absolute atomic E-state index is 0.0141. The average Bonchev–Trinajstić information content (AvgIpc) is 3.23. The largest absolute Gasteiger partial charge is 0.508 e. The van der Waals surface area contributed by atoms with Crippen LogP contribution in [0.2, 0.25) is 0 Å². The number of hydrogen-bond acceptors (Lipinski definition) is 5. The van der Waals surface area contributed by atoms with E-state index in [-0.39, 0.29) is 40.5 Å². The highest BCUT2D eigenvalue weighted by atomic mass is 32.1. The molecule has 0 radical (unpaired) electrons. The lowest BCUT2D eigenvalue weighted by molar-refractivity contribution is -0.139. The minimum Gasteiger partial charge on any atom is -0.480 e. The van der Waals surface area contributed by atoms with E-state index in [9.17, 15) is 23.7 Å². The number of rotatable bonds is 12. The first-order valence-corrected chi connectivity index (χ1v) is 11.9. The number of fused-ring (bicyclic) bond motifs is 1. The average molecular weight is 512 g/mol. The van der Waals surface area contributed by atoms with Crippen molar-refractivity contribution in [1.29, 1.82) is 0 Å². The number of aromatic amines is 1. The third-order valence-electron chi connectivity index (χ3n) is 5.36. The van der Waals surface area contributed by atoms with E-state index in [1.165, 1.54) is 0 Å². The molecule has 0 bridgehead atoms.